The first-order valence-corrected chi connectivity index (χ1v) is 5.94. The van der Waals surface area contributed by atoms with Gasteiger partial charge in [-0.25, -0.2) is 0 Å². The van der Waals surface area contributed by atoms with Crippen LogP contribution in [0.25, 0.3) is 0 Å². The van der Waals surface area contributed by atoms with Crippen molar-refractivity contribution in [3.05, 3.63) is 57.7 Å². The van der Waals surface area contributed by atoms with Crippen LogP contribution in [0, 0.1) is 0 Å². The largest absolute Gasteiger partial charge is 0.490 e. The van der Waals surface area contributed by atoms with Crippen molar-refractivity contribution in [2.75, 3.05) is 6.61 Å². The van der Waals surface area contributed by atoms with Crippen LogP contribution in [0.15, 0.2) is 52.1 Å². The lowest BCUT2D eigenvalue weighted by Gasteiger charge is -2.07. The second kappa shape index (κ2) is 5.63. The van der Waals surface area contributed by atoms with E-state index in [1.165, 1.54) is 6.07 Å². The van der Waals surface area contributed by atoms with Gasteiger partial charge in [0.15, 0.2) is 0 Å². The summed E-state index contributed by atoms with van der Waals surface area (Å²) in [5.41, 5.74) is -0.0246. The van der Waals surface area contributed by atoms with Gasteiger partial charge in [0.2, 0.25) is 0 Å². The highest BCUT2D eigenvalue weighted by Crippen LogP contribution is 2.15. The van der Waals surface area contributed by atoms with E-state index < -0.39 is 0 Å². The lowest BCUT2D eigenvalue weighted by molar-refractivity contribution is 0.295. The van der Waals surface area contributed by atoms with Crippen molar-refractivity contribution in [2.24, 2.45) is 0 Å². The number of nitrogens with zero attached hydrogens (tertiary/aromatic N) is 2. The first-order chi connectivity index (χ1) is 8.25. The van der Waals surface area contributed by atoms with E-state index in [4.69, 9.17) is 4.74 Å². The highest BCUT2D eigenvalue weighted by Gasteiger charge is 1.97. The normalized spacial score (nSPS) is 10.2. The molecule has 0 aliphatic heterocycles. The molecule has 0 fully saturated rings. The van der Waals surface area contributed by atoms with Crippen LogP contribution >= 0.6 is 15.9 Å². The van der Waals surface area contributed by atoms with Gasteiger partial charge in [0, 0.05) is 22.9 Å². The highest BCUT2D eigenvalue weighted by atomic mass is 79.9. The average molecular weight is 295 g/mol. The molecule has 0 aromatic carbocycles. The summed E-state index contributed by atoms with van der Waals surface area (Å²) in [6, 6.07) is 6.90. The van der Waals surface area contributed by atoms with Gasteiger partial charge in [0.1, 0.15) is 12.4 Å². The Morgan fingerprint density at radius 1 is 1.35 bits per heavy atom. The summed E-state index contributed by atoms with van der Waals surface area (Å²) in [5.74, 6) is 0.684. The molecule has 0 aliphatic carbocycles. The third-order valence-corrected chi connectivity index (χ3v) is 2.61. The first-order valence-electron chi connectivity index (χ1n) is 5.14. The molecule has 0 spiro atoms. The summed E-state index contributed by atoms with van der Waals surface area (Å²) >= 11 is 3.31. The van der Waals surface area contributed by atoms with Crippen molar-refractivity contribution in [1.29, 1.82) is 0 Å². The van der Waals surface area contributed by atoms with Crippen molar-refractivity contribution >= 4 is 15.9 Å². The second-order valence-electron chi connectivity index (χ2n) is 3.42. The fraction of sp³-hybridized carbons (Fsp3) is 0.167. The van der Waals surface area contributed by atoms with Crippen molar-refractivity contribution in [3.63, 3.8) is 0 Å². The maximum Gasteiger partial charge on any atom is 0.250 e. The topological polar surface area (TPSA) is 44.1 Å². The van der Waals surface area contributed by atoms with Gasteiger partial charge in [-0.3, -0.25) is 9.78 Å². The van der Waals surface area contributed by atoms with Crippen molar-refractivity contribution in [2.45, 2.75) is 6.54 Å². The van der Waals surface area contributed by atoms with Crippen LogP contribution in [-0.4, -0.2) is 16.2 Å². The number of hydrogen-bond donors (Lipinski definition) is 0. The van der Waals surface area contributed by atoms with E-state index in [1.54, 1.807) is 29.2 Å². The van der Waals surface area contributed by atoms with Crippen molar-refractivity contribution in [1.82, 2.24) is 9.55 Å². The molecule has 2 heterocycles. The summed E-state index contributed by atoms with van der Waals surface area (Å²) in [6.07, 6.45) is 5.07. The summed E-state index contributed by atoms with van der Waals surface area (Å²) in [5, 5.41) is 0. The van der Waals surface area contributed by atoms with E-state index in [1.807, 2.05) is 12.1 Å². The molecule has 4 nitrogen and oxygen atoms in total. The number of ether oxygens (including phenoxy) is 1. The van der Waals surface area contributed by atoms with E-state index >= 15 is 0 Å². The fourth-order valence-corrected chi connectivity index (χ4v) is 1.72. The molecule has 17 heavy (non-hydrogen) atoms. The molecular weight excluding hydrogens is 284 g/mol. The maximum absolute atomic E-state index is 11.4. The molecule has 5 heteroatoms. The molecule has 2 aromatic heterocycles. The minimum Gasteiger partial charge on any atom is -0.490 e. The third-order valence-electron chi connectivity index (χ3n) is 2.18. The number of hydrogen-bond acceptors (Lipinski definition) is 3. The summed E-state index contributed by atoms with van der Waals surface area (Å²) in [4.78, 5) is 15.4. The second-order valence-corrected chi connectivity index (χ2v) is 4.34. The van der Waals surface area contributed by atoms with Gasteiger partial charge in [-0.1, -0.05) is 6.07 Å². The number of pyridine rings is 2. The van der Waals surface area contributed by atoms with Crippen LogP contribution in [0.4, 0.5) is 0 Å². The zero-order chi connectivity index (χ0) is 12.1. The minimum atomic E-state index is -0.0246. The number of aromatic nitrogens is 2. The SMILES string of the molecule is O=c1ccccn1CCOc1cncc(Br)c1. The molecule has 0 amide bonds. The zero-order valence-electron chi connectivity index (χ0n) is 9.04. The molecule has 0 saturated carbocycles. The summed E-state index contributed by atoms with van der Waals surface area (Å²) in [6.45, 7) is 0.953. The number of halogens is 1. The molecule has 0 radical (unpaired) electrons. The van der Waals surface area contributed by atoms with Gasteiger partial charge < -0.3 is 9.30 Å². The smallest absolute Gasteiger partial charge is 0.250 e. The standard InChI is InChI=1S/C12H11BrN2O2/c13-10-7-11(9-14-8-10)17-6-5-15-4-2-1-3-12(15)16/h1-4,7-9H,5-6H2. The predicted molar refractivity (Wildman–Crippen MR) is 68.1 cm³/mol. The lowest BCUT2D eigenvalue weighted by atomic mass is 10.4. The molecular formula is C12H11BrN2O2. The van der Waals surface area contributed by atoms with Crippen LogP contribution < -0.4 is 10.3 Å². The van der Waals surface area contributed by atoms with Gasteiger partial charge in [-0.05, 0) is 28.1 Å². The van der Waals surface area contributed by atoms with Crippen LogP contribution in [0.5, 0.6) is 5.75 Å². The van der Waals surface area contributed by atoms with Crippen molar-refractivity contribution in [3.8, 4) is 5.75 Å². The van der Waals surface area contributed by atoms with Gasteiger partial charge in [0.25, 0.3) is 5.56 Å². The first kappa shape index (κ1) is 11.9. The molecule has 2 rings (SSSR count). The highest BCUT2D eigenvalue weighted by molar-refractivity contribution is 9.10. The quantitative estimate of drug-likeness (QED) is 0.867. The summed E-state index contributed by atoms with van der Waals surface area (Å²) < 4.78 is 7.96. The van der Waals surface area contributed by atoms with E-state index in [9.17, 15) is 4.79 Å². The van der Waals surface area contributed by atoms with Gasteiger partial charge in [0.05, 0.1) is 12.7 Å². The Balaban J connectivity index is 1.92. The molecule has 2 aromatic rings. The Morgan fingerprint density at radius 3 is 3.00 bits per heavy atom. The Labute approximate surface area is 107 Å². The van der Waals surface area contributed by atoms with Crippen LogP contribution in [0.3, 0.4) is 0 Å². The number of rotatable bonds is 4. The van der Waals surface area contributed by atoms with Gasteiger partial charge in [-0.2, -0.15) is 0 Å². The van der Waals surface area contributed by atoms with Crippen LogP contribution in [0.2, 0.25) is 0 Å². The predicted octanol–water partition coefficient (Wildman–Crippen LogP) is 2.08. The Morgan fingerprint density at radius 2 is 2.24 bits per heavy atom. The van der Waals surface area contributed by atoms with Gasteiger partial charge in [-0.15, -0.1) is 0 Å². The summed E-state index contributed by atoms with van der Waals surface area (Å²) in [7, 11) is 0. The van der Waals surface area contributed by atoms with E-state index in [0.29, 0.717) is 18.9 Å². The molecule has 0 unspecified atom stereocenters. The average Bonchev–Trinajstić information content (AvgIpc) is 2.32. The Hall–Kier alpha value is -1.62. The molecule has 0 bridgehead atoms. The lowest BCUT2D eigenvalue weighted by Crippen LogP contribution is -2.21. The fourth-order valence-electron chi connectivity index (χ4n) is 1.38. The minimum absolute atomic E-state index is 0.0246. The van der Waals surface area contributed by atoms with E-state index in [-0.39, 0.29) is 5.56 Å². The molecule has 88 valence electrons. The molecule has 0 atom stereocenters. The van der Waals surface area contributed by atoms with Gasteiger partial charge >= 0.3 is 0 Å². The Bertz CT molecular complexity index is 554. The van der Waals surface area contributed by atoms with Crippen LogP contribution in [-0.2, 0) is 6.54 Å². The molecule has 0 saturated heterocycles. The third kappa shape index (κ3) is 3.42. The molecule has 0 N–H and O–H groups in total. The Kier molecular flexibility index (Phi) is 3.93. The van der Waals surface area contributed by atoms with Crippen molar-refractivity contribution < 1.29 is 4.74 Å². The van der Waals surface area contributed by atoms with E-state index in [2.05, 4.69) is 20.9 Å². The maximum atomic E-state index is 11.4. The molecule has 0 aliphatic rings. The van der Waals surface area contributed by atoms with Crippen LogP contribution in [0.1, 0.15) is 0 Å². The zero-order valence-corrected chi connectivity index (χ0v) is 10.6. The monoisotopic (exact) mass is 294 g/mol. The van der Waals surface area contributed by atoms with E-state index in [0.717, 1.165) is 4.47 Å².